The van der Waals surface area contributed by atoms with Crippen molar-refractivity contribution < 1.29 is 17.9 Å². The van der Waals surface area contributed by atoms with Gasteiger partial charge in [0.1, 0.15) is 5.75 Å². The molecule has 7 heteroatoms. The van der Waals surface area contributed by atoms with E-state index in [9.17, 15) is 13.2 Å². The Morgan fingerprint density at radius 3 is 2.42 bits per heavy atom. The lowest BCUT2D eigenvalue weighted by Crippen LogP contribution is -2.28. The minimum Gasteiger partial charge on any atom is -0.497 e. The van der Waals surface area contributed by atoms with E-state index in [1.807, 2.05) is 0 Å². The summed E-state index contributed by atoms with van der Waals surface area (Å²) in [6.45, 7) is 1.58. The largest absolute Gasteiger partial charge is 0.497 e. The first-order valence-electron chi connectivity index (χ1n) is 7.39. The average Bonchev–Trinajstić information content (AvgIpc) is 2.61. The number of benzene rings is 2. The van der Waals surface area contributed by atoms with Gasteiger partial charge < -0.3 is 10.1 Å². The molecule has 0 aliphatic heterocycles. The van der Waals surface area contributed by atoms with Crippen LogP contribution in [-0.2, 0) is 10.0 Å². The van der Waals surface area contributed by atoms with Gasteiger partial charge >= 0.3 is 0 Å². The quantitative estimate of drug-likeness (QED) is 0.871. The molecule has 24 heavy (non-hydrogen) atoms. The number of sulfonamides is 1. The fourth-order valence-electron chi connectivity index (χ4n) is 2.07. The van der Waals surface area contributed by atoms with Crippen molar-refractivity contribution >= 4 is 27.3 Å². The van der Waals surface area contributed by atoms with E-state index < -0.39 is 10.0 Å². The molecule has 0 saturated carbocycles. The van der Waals surface area contributed by atoms with Gasteiger partial charge in [-0.15, -0.1) is 0 Å². The summed E-state index contributed by atoms with van der Waals surface area (Å²) in [6.07, 6.45) is 0. The number of ether oxygens (including phenoxy) is 1. The molecule has 0 aromatic heterocycles. The zero-order valence-electron chi connectivity index (χ0n) is 13.8. The van der Waals surface area contributed by atoms with E-state index in [-0.39, 0.29) is 11.7 Å². The highest BCUT2D eigenvalue weighted by molar-refractivity contribution is 7.92. The SMILES string of the molecule is CCS(=O)(=O)N(C)c1cccc(C(=O)Nc2ccc(OC)cc2)c1. The summed E-state index contributed by atoms with van der Waals surface area (Å²) in [5.41, 5.74) is 1.45. The van der Waals surface area contributed by atoms with E-state index >= 15 is 0 Å². The van der Waals surface area contributed by atoms with Gasteiger partial charge in [0.2, 0.25) is 10.0 Å². The van der Waals surface area contributed by atoms with Crippen molar-refractivity contribution in [3.05, 3.63) is 54.1 Å². The third-order valence-electron chi connectivity index (χ3n) is 3.60. The standard InChI is InChI=1S/C17H20N2O4S/c1-4-24(21,22)19(2)15-7-5-6-13(12-15)17(20)18-14-8-10-16(23-3)11-9-14/h5-12H,4H2,1-3H3,(H,18,20). The van der Waals surface area contributed by atoms with Gasteiger partial charge in [-0.2, -0.15) is 0 Å². The second kappa shape index (κ2) is 7.35. The van der Waals surface area contributed by atoms with Gasteiger partial charge in [0, 0.05) is 18.3 Å². The number of rotatable bonds is 6. The number of amides is 1. The number of nitrogens with zero attached hydrogens (tertiary/aromatic N) is 1. The van der Waals surface area contributed by atoms with E-state index in [1.165, 1.54) is 11.4 Å². The Morgan fingerprint density at radius 1 is 1.17 bits per heavy atom. The Labute approximate surface area is 142 Å². The summed E-state index contributed by atoms with van der Waals surface area (Å²) in [5.74, 6) is 0.372. The molecule has 6 nitrogen and oxygen atoms in total. The molecule has 1 N–H and O–H groups in total. The molecule has 0 radical (unpaired) electrons. The number of hydrogen-bond acceptors (Lipinski definition) is 4. The maximum Gasteiger partial charge on any atom is 0.255 e. The lowest BCUT2D eigenvalue weighted by atomic mass is 10.2. The Morgan fingerprint density at radius 2 is 1.83 bits per heavy atom. The van der Waals surface area contributed by atoms with Crippen molar-refractivity contribution in [3.63, 3.8) is 0 Å². The molecule has 1 amide bonds. The molecule has 0 aliphatic rings. The van der Waals surface area contributed by atoms with Gasteiger partial charge in [-0.05, 0) is 49.4 Å². The van der Waals surface area contributed by atoms with Crippen molar-refractivity contribution in [2.24, 2.45) is 0 Å². The molecule has 2 aromatic carbocycles. The first-order chi connectivity index (χ1) is 11.4. The minimum absolute atomic E-state index is 0.00816. The first kappa shape index (κ1) is 17.8. The third kappa shape index (κ3) is 4.05. The molecule has 2 aromatic rings. The molecule has 0 heterocycles. The van der Waals surface area contributed by atoms with Crippen molar-refractivity contribution in [2.75, 3.05) is 29.5 Å². The fraction of sp³-hybridized carbons (Fsp3) is 0.235. The molecule has 0 saturated heterocycles. The van der Waals surface area contributed by atoms with E-state index in [0.717, 1.165) is 0 Å². The van der Waals surface area contributed by atoms with E-state index in [1.54, 1.807) is 62.6 Å². The summed E-state index contributed by atoms with van der Waals surface area (Å²) >= 11 is 0. The normalized spacial score (nSPS) is 11.0. The van der Waals surface area contributed by atoms with Crippen LogP contribution in [0.1, 0.15) is 17.3 Å². The van der Waals surface area contributed by atoms with Gasteiger partial charge in [-0.1, -0.05) is 6.07 Å². The molecular weight excluding hydrogens is 328 g/mol. The Balaban J connectivity index is 2.19. The molecule has 0 spiro atoms. The molecule has 0 atom stereocenters. The van der Waals surface area contributed by atoms with Crippen LogP contribution in [0.3, 0.4) is 0 Å². The van der Waals surface area contributed by atoms with Gasteiger partial charge in [-0.3, -0.25) is 9.10 Å². The van der Waals surface area contributed by atoms with Gasteiger partial charge in [0.15, 0.2) is 0 Å². The summed E-state index contributed by atoms with van der Waals surface area (Å²) in [7, 11) is -0.332. The Kier molecular flexibility index (Phi) is 5.46. The molecule has 2 rings (SSSR count). The average molecular weight is 348 g/mol. The van der Waals surface area contributed by atoms with Gasteiger partial charge in [-0.25, -0.2) is 8.42 Å². The lowest BCUT2D eigenvalue weighted by Gasteiger charge is -2.19. The van der Waals surface area contributed by atoms with Crippen molar-refractivity contribution in [3.8, 4) is 5.75 Å². The predicted molar refractivity (Wildman–Crippen MR) is 95.3 cm³/mol. The zero-order valence-corrected chi connectivity index (χ0v) is 14.6. The summed E-state index contributed by atoms with van der Waals surface area (Å²) in [5, 5.41) is 2.77. The maximum absolute atomic E-state index is 12.4. The van der Waals surface area contributed by atoms with Crippen LogP contribution in [0.5, 0.6) is 5.75 Å². The molecular formula is C17H20N2O4S. The van der Waals surface area contributed by atoms with Crippen LogP contribution in [0.25, 0.3) is 0 Å². The van der Waals surface area contributed by atoms with Crippen molar-refractivity contribution in [1.29, 1.82) is 0 Å². The number of carbonyl (C=O) groups excluding carboxylic acids is 1. The summed E-state index contributed by atoms with van der Waals surface area (Å²) in [4.78, 5) is 12.4. The van der Waals surface area contributed by atoms with Crippen LogP contribution in [-0.4, -0.2) is 34.2 Å². The van der Waals surface area contributed by atoms with Crippen molar-refractivity contribution in [1.82, 2.24) is 0 Å². The van der Waals surface area contributed by atoms with Crippen LogP contribution in [0, 0.1) is 0 Å². The van der Waals surface area contributed by atoms with Crippen molar-refractivity contribution in [2.45, 2.75) is 6.92 Å². The van der Waals surface area contributed by atoms with E-state index in [2.05, 4.69) is 5.32 Å². The number of nitrogens with one attached hydrogen (secondary N) is 1. The topological polar surface area (TPSA) is 75.7 Å². The van der Waals surface area contributed by atoms with Crippen LogP contribution >= 0.6 is 0 Å². The Hall–Kier alpha value is -2.54. The highest BCUT2D eigenvalue weighted by atomic mass is 32.2. The van der Waals surface area contributed by atoms with Gasteiger partial charge in [0.25, 0.3) is 5.91 Å². The van der Waals surface area contributed by atoms with Crippen LogP contribution < -0.4 is 14.4 Å². The zero-order chi connectivity index (χ0) is 17.7. The highest BCUT2D eigenvalue weighted by Gasteiger charge is 2.17. The maximum atomic E-state index is 12.4. The Bertz CT molecular complexity index is 817. The summed E-state index contributed by atoms with van der Waals surface area (Å²) in [6, 6.07) is 13.4. The van der Waals surface area contributed by atoms with Crippen LogP contribution in [0.15, 0.2) is 48.5 Å². The monoisotopic (exact) mass is 348 g/mol. The highest BCUT2D eigenvalue weighted by Crippen LogP contribution is 2.20. The lowest BCUT2D eigenvalue weighted by molar-refractivity contribution is 0.102. The second-order valence-corrected chi connectivity index (χ2v) is 7.39. The minimum atomic E-state index is -3.37. The number of hydrogen-bond donors (Lipinski definition) is 1. The molecule has 0 aliphatic carbocycles. The number of anilines is 2. The van der Waals surface area contributed by atoms with Gasteiger partial charge in [0.05, 0.1) is 18.6 Å². The molecule has 0 fully saturated rings. The number of methoxy groups -OCH3 is 1. The second-order valence-electron chi connectivity index (χ2n) is 5.10. The predicted octanol–water partition coefficient (Wildman–Crippen LogP) is 2.73. The summed E-state index contributed by atoms with van der Waals surface area (Å²) < 4.78 is 30.1. The first-order valence-corrected chi connectivity index (χ1v) is 9.00. The third-order valence-corrected chi connectivity index (χ3v) is 5.38. The van der Waals surface area contributed by atoms with E-state index in [4.69, 9.17) is 4.74 Å². The smallest absolute Gasteiger partial charge is 0.255 e. The molecule has 0 unspecified atom stereocenters. The fourth-order valence-corrected chi connectivity index (χ4v) is 2.90. The van der Waals surface area contributed by atoms with E-state index in [0.29, 0.717) is 22.7 Å². The molecule has 128 valence electrons. The molecule has 0 bridgehead atoms. The number of carbonyl (C=O) groups is 1. The van der Waals surface area contributed by atoms with Crippen LogP contribution in [0.2, 0.25) is 0 Å². The van der Waals surface area contributed by atoms with Crippen LogP contribution in [0.4, 0.5) is 11.4 Å².